The topological polar surface area (TPSA) is 52.1 Å². The Bertz CT molecular complexity index is 524. The maximum absolute atomic E-state index is 11.9. The predicted molar refractivity (Wildman–Crippen MR) is 72.3 cm³/mol. The fraction of sp³-hybridized carbons (Fsp3) is 0.267. The van der Waals surface area contributed by atoms with Crippen LogP contribution in [0, 0.1) is 0 Å². The minimum absolute atomic E-state index is 0.0195. The largest absolute Gasteiger partial charge is 0.480 e. The van der Waals surface area contributed by atoms with Gasteiger partial charge < -0.3 is 4.74 Å². The molecular formula is C15H16N2O2. The van der Waals surface area contributed by atoms with E-state index in [4.69, 9.17) is 4.74 Å². The summed E-state index contributed by atoms with van der Waals surface area (Å²) in [6.07, 6.45) is 2.20. The number of methoxy groups -OCH3 is 1. The van der Waals surface area contributed by atoms with Crippen molar-refractivity contribution in [2.24, 2.45) is 0 Å². The first kappa shape index (κ1) is 13.2. The van der Waals surface area contributed by atoms with E-state index in [1.807, 2.05) is 18.2 Å². The van der Waals surface area contributed by atoms with Crippen LogP contribution in [0.5, 0.6) is 5.88 Å². The Balaban J connectivity index is 1.84. The summed E-state index contributed by atoms with van der Waals surface area (Å²) in [5.74, 6) is 0.437. The quantitative estimate of drug-likeness (QED) is 0.746. The molecule has 1 aromatic carbocycles. The van der Waals surface area contributed by atoms with Gasteiger partial charge in [-0.3, -0.25) is 4.79 Å². The van der Waals surface area contributed by atoms with Gasteiger partial charge >= 0.3 is 0 Å². The molecule has 0 radical (unpaired) electrons. The lowest BCUT2D eigenvalue weighted by atomic mass is 10.1. The number of aromatic nitrogens is 2. The highest BCUT2D eigenvalue weighted by molar-refractivity contribution is 5.94. The first-order valence-electron chi connectivity index (χ1n) is 6.24. The van der Waals surface area contributed by atoms with E-state index in [9.17, 15) is 4.79 Å². The minimum Gasteiger partial charge on any atom is -0.480 e. The molecule has 0 fully saturated rings. The molecule has 0 amide bonds. The van der Waals surface area contributed by atoms with Gasteiger partial charge in [-0.25, -0.2) is 0 Å². The van der Waals surface area contributed by atoms with Gasteiger partial charge in [0, 0.05) is 12.5 Å². The predicted octanol–water partition coefficient (Wildman–Crippen LogP) is 2.69. The van der Waals surface area contributed by atoms with Crippen LogP contribution in [0.25, 0.3) is 0 Å². The molecule has 0 spiro atoms. The number of hydrogen-bond acceptors (Lipinski definition) is 4. The van der Waals surface area contributed by atoms with Gasteiger partial charge in [-0.15, -0.1) is 10.2 Å². The van der Waals surface area contributed by atoms with E-state index >= 15 is 0 Å². The van der Waals surface area contributed by atoms with Crippen molar-refractivity contribution >= 4 is 5.78 Å². The van der Waals surface area contributed by atoms with E-state index < -0.39 is 0 Å². The van der Waals surface area contributed by atoms with Crippen molar-refractivity contribution in [2.45, 2.75) is 19.3 Å². The van der Waals surface area contributed by atoms with Crippen LogP contribution < -0.4 is 4.74 Å². The van der Waals surface area contributed by atoms with E-state index in [0.717, 1.165) is 12.8 Å². The first-order valence-corrected chi connectivity index (χ1v) is 6.24. The highest BCUT2D eigenvalue weighted by atomic mass is 16.5. The Morgan fingerprint density at radius 2 is 1.89 bits per heavy atom. The summed E-state index contributed by atoms with van der Waals surface area (Å²) in [6, 6.07) is 13.4. The molecule has 4 heteroatoms. The zero-order chi connectivity index (χ0) is 13.5. The van der Waals surface area contributed by atoms with Gasteiger partial charge in [0.1, 0.15) is 5.69 Å². The standard InChI is InChI=1S/C15H16N2O2/c1-19-15-11-10-13(16-17-15)14(18)9-5-8-12-6-3-2-4-7-12/h2-4,6-7,10-11H,5,8-9H2,1H3. The lowest BCUT2D eigenvalue weighted by Crippen LogP contribution is -2.04. The Kier molecular flexibility index (Phi) is 4.61. The number of Topliss-reactive ketones (excluding diaryl/α,β-unsaturated/α-hetero) is 1. The number of benzene rings is 1. The molecule has 0 saturated heterocycles. The molecule has 1 heterocycles. The second-order valence-electron chi connectivity index (χ2n) is 4.22. The number of ether oxygens (including phenoxy) is 1. The molecule has 4 nitrogen and oxygen atoms in total. The molecule has 0 N–H and O–H groups in total. The molecule has 0 aliphatic carbocycles. The van der Waals surface area contributed by atoms with Crippen LogP contribution in [-0.2, 0) is 6.42 Å². The van der Waals surface area contributed by atoms with Crippen LogP contribution in [0.3, 0.4) is 0 Å². The Labute approximate surface area is 112 Å². The average molecular weight is 256 g/mol. The number of ketones is 1. The smallest absolute Gasteiger partial charge is 0.233 e. The summed E-state index contributed by atoms with van der Waals surface area (Å²) in [5.41, 5.74) is 1.64. The van der Waals surface area contributed by atoms with Crippen LogP contribution in [0.1, 0.15) is 28.9 Å². The molecule has 0 aliphatic rings. The number of hydrogen-bond donors (Lipinski definition) is 0. The molecule has 1 aromatic heterocycles. The number of carbonyl (C=O) groups is 1. The third-order valence-electron chi connectivity index (χ3n) is 2.85. The highest BCUT2D eigenvalue weighted by Gasteiger charge is 2.08. The maximum Gasteiger partial charge on any atom is 0.233 e. The zero-order valence-electron chi connectivity index (χ0n) is 10.9. The monoisotopic (exact) mass is 256 g/mol. The van der Waals surface area contributed by atoms with Crippen molar-refractivity contribution in [3.8, 4) is 5.88 Å². The minimum atomic E-state index is 0.0195. The summed E-state index contributed by atoms with van der Waals surface area (Å²) in [6.45, 7) is 0. The molecule has 19 heavy (non-hydrogen) atoms. The van der Waals surface area contributed by atoms with Crippen LogP contribution >= 0.6 is 0 Å². The van der Waals surface area contributed by atoms with Crippen LogP contribution in [0.4, 0.5) is 0 Å². The van der Waals surface area contributed by atoms with Crippen molar-refractivity contribution in [2.75, 3.05) is 7.11 Å². The summed E-state index contributed by atoms with van der Waals surface area (Å²) in [5, 5.41) is 7.64. The SMILES string of the molecule is COc1ccc(C(=O)CCCc2ccccc2)nn1. The summed E-state index contributed by atoms with van der Waals surface area (Å²) >= 11 is 0. The summed E-state index contributed by atoms with van der Waals surface area (Å²) < 4.78 is 4.90. The first-order chi connectivity index (χ1) is 9.29. The van der Waals surface area contributed by atoms with Crippen molar-refractivity contribution in [1.29, 1.82) is 0 Å². The summed E-state index contributed by atoms with van der Waals surface area (Å²) in [7, 11) is 1.52. The van der Waals surface area contributed by atoms with Gasteiger partial charge in [-0.05, 0) is 24.5 Å². The molecule has 2 aromatic rings. The molecule has 2 rings (SSSR count). The molecule has 0 bridgehead atoms. The van der Waals surface area contributed by atoms with Gasteiger partial charge in [-0.1, -0.05) is 30.3 Å². The van der Waals surface area contributed by atoms with Crippen molar-refractivity contribution in [1.82, 2.24) is 10.2 Å². The zero-order valence-corrected chi connectivity index (χ0v) is 10.9. The maximum atomic E-state index is 11.9. The second-order valence-corrected chi connectivity index (χ2v) is 4.22. The van der Waals surface area contributed by atoms with Crippen molar-refractivity contribution in [3.05, 3.63) is 53.7 Å². The number of aryl methyl sites for hydroxylation is 1. The number of nitrogens with zero attached hydrogens (tertiary/aromatic N) is 2. The molecule has 0 atom stereocenters. The molecule has 0 aliphatic heterocycles. The Morgan fingerprint density at radius 3 is 2.53 bits per heavy atom. The number of carbonyl (C=O) groups excluding carboxylic acids is 1. The lowest BCUT2D eigenvalue weighted by molar-refractivity contribution is 0.0974. The summed E-state index contributed by atoms with van der Waals surface area (Å²) in [4.78, 5) is 11.9. The van der Waals surface area contributed by atoms with E-state index in [-0.39, 0.29) is 5.78 Å². The highest BCUT2D eigenvalue weighted by Crippen LogP contribution is 2.09. The Hall–Kier alpha value is -2.23. The fourth-order valence-electron chi connectivity index (χ4n) is 1.80. The molecule has 98 valence electrons. The molecule has 0 unspecified atom stereocenters. The van der Waals surface area contributed by atoms with E-state index in [2.05, 4.69) is 22.3 Å². The van der Waals surface area contributed by atoms with Gasteiger partial charge in [0.25, 0.3) is 0 Å². The Morgan fingerprint density at radius 1 is 1.11 bits per heavy atom. The van der Waals surface area contributed by atoms with Crippen LogP contribution in [0.2, 0.25) is 0 Å². The van der Waals surface area contributed by atoms with E-state index in [1.54, 1.807) is 12.1 Å². The fourth-order valence-corrected chi connectivity index (χ4v) is 1.80. The van der Waals surface area contributed by atoms with Crippen LogP contribution in [0.15, 0.2) is 42.5 Å². The molecule has 0 saturated carbocycles. The van der Waals surface area contributed by atoms with Crippen molar-refractivity contribution < 1.29 is 9.53 Å². The lowest BCUT2D eigenvalue weighted by Gasteiger charge is -2.02. The third kappa shape index (κ3) is 3.88. The third-order valence-corrected chi connectivity index (χ3v) is 2.85. The normalized spacial score (nSPS) is 10.2. The second kappa shape index (κ2) is 6.64. The number of rotatable bonds is 6. The van der Waals surface area contributed by atoms with Crippen LogP contribution in [-0.4, -0.2) is 23.1 Å². The average Bonchev–Trinajstić information content (AvgIpc) is 2.48. The van der Waals surface area contributed by atoms with Gasteiger partial charge in [0.15, 0.2) is 5.78 Å². The molecular weight excluding hydrogens is 240 g/mol. The van der Waals surface area contributed by atoms with E-state index in [0.29, 0.717) is 18.0 Å². The van der Waals surface area contributed by atoms with Crippen molar-refractivity contribution in [3.63, 3.8) is 0 Å². The van der Waals surface area contributed by atoms with E-state index in [1.165, 1.54) is 12.7 Å². The van der Waals surface area contributed by atoms with Gasteiger partial charge in [0.2, 0.25) is 5.88 Å². The van der Waals surface area contributed by atoms with Gasteiger partial charge in [-0.2, -0.15) is 0 Å². The van der Waals surface area contributed by atoms with Gasteiger partial charge in [0.05, 0.1) is 7.11 Å².